The van der Waals surface area contributed by atoms with Crippen molar-refractivity contribution in [1.82, 2.24) is 9.97 Å². The Morgan fingerprint density at radius 1 is 1.07 bits per heavy atom. The quantitative estimate of drug-likeness (QED) is 0.299. The Morgan fingerprint density at radius 3 is 2.37 bits per heavy atom. The number of aromatic nitrogens is 2. The Hall–Kier alpha value is -4.47. The van der Waals surface area contributed by atoms with Crippen molar-refractivity contribution in [3.05, 3.63) is 53.2 Å². The number of benzene rings is 2. The molecule has 1 heterocycles. The summed E-state index contributed by atoms with van der Waals surface area (Å²) in [6, 6.07) is 7.64. The van der Waals surface area contributed by atoms with Gasteiger partial charge in [0.1, 0.15) is 22.9 Å². The zero-order valence-electron chi connectivity index (χ0n) is 23.0. The van der Waals surface area contributed by atoms with Gasteiger partial charge in [-0.15, -0.1) is 0 Å². The molecule has 1 amide bonds. The van der Waals surface area contributed by atoms with Gasteiger partial charge in [-0.3, -0.25) is 9.62 Å². The number of carbonyl (C=O) groups is 1. The molecule has 0 aliphatic rings. The Kier molecular flexibility index (Phi) is 9.37. The Labute approximate surface area is 234 Å². The van der Waals surface area contributed by atoms with Crippen LogP contribution in [0.15, 0.2) is 36.5 Å². The summed E-state index contributed by atoms with van der Waals surface area (Å²) in [5.74, 6) is -0.124. The average molecular weight is 599 g/mol. The van der Waals surface area contributed by atoms with Crippen molar-refractivity contribution in [2.75, 3.05) is 54.9 Å². The number of ether oxygens (including phenoxy) is 3. The summed E-state index contributed by atoms with van der Waals surface area (Å²) in [6.07, 6.45) is -3.85. The van der Waals surface area contributed by atoms with Gasteiger partial charge in [-0.25, -0.2) is 18.2 Å². The number of alkyl halides is 3. The first-order valence-electron chi connectivity index (χ1n) is 11.8. The van der Waals surface area contributed by atoms with E-state index >= 15 is 0 Å². The summed E-state index contributed by atoms with van der Waals surface area (Å²) in [4.78, 5) is 19.5. The number of rotatable bonds is 10. The fourth-order valence-corrected chi connectivity index (χ4v) is 4.15. The van der Waals surface area contributed by atoms with Crippen LogP contribution in [-0.4, -0.2) is 59.1 Å². The van der Waals surface area contributed by atoms with Crippen molar-refractivity contribution in [3.8, 4) is 11.5 Å². The number of methoxy groups -OCH3 is 3. The fourth-order valence-electron chi connectivity index (χ4n) is 3.63. The molecular formula is C25H29F3N6O6S. The van der Waals surface area contributed by atoms with Crippen LogP contribution in [0.1, 0.15) is 16.7 Å². The number of sulfonamides is 1. The molecule has 0 aliphatic heterocycles. The minimum Gasteiger partial charge on any atom is -0.497 e. The number of hydrogen-bond acceptors (Lipinski definition) is 10. The number of nitrogens with zero attached hydrogens (tertiary/aromatic N) is 3. The van der Waals surface area contributed by atoms with E-state index in [0.29, 0.717) is 34.4 Å². The Morgan fingerprint density at radius 2 is 1.78 bits per heavy atom. The van der Waals surface area contributed by atoms with Gasteiger partial charge in [0.25, 0.3) is 0 Å². The number of halogens is 3. The van der Waals surface area contributed by atoms with Gasteiger partial charge in [0.15, 0.2) is 0 Å². The highest BCUT2D eigenvalue weighted by atomic mass is 32.2. The van der Waals surface area contributed by atoms with E-state index in [2.05, 4.69) is 30.7 Å². The van der Waals surface area contributed by atoms with Gasteiger partial charge in [0, 0.05) is 31.9 Å². The minimum absolute atomic E-state index is 0.185. The van der Waals surface area contributed by atoms with Crippen LogP contribution < -0.4 is 29.7 Å². The smallest absolute Gasteiger partial charge is 0.421 e. The predicted octanol–water partition coefficient (Wildman–Crippen LogP) is 4.75. The van der Waals surface area contributed by atoms with E-state index in [1.807, 2.05) is 0 Å². The molecule has 0 atom stereocenters. The second-order valence-corrected chi connectivity index (χ2v) is 10.7. The van der Waals surface area contributed by atoms with Gasteiger partial charge in [-0.05, 0) is 30.2 Å². The van der Waals surface area contributed by atoms with Crippen molar-refractivity contribution < 1.29 is 40.6 Å². The first-order valence-corrected chi connectivity index (χ1v) is 13.6. The second-order valence-electron chi connectivity index (χ2n) is 8.64. The molecule has 0 unspecified atom stereocenters. The van der Waals surface area contributed by atoms with E-state index < -0.39 is 33.7 Å². The number of hydrogen-bond donors (Lipinski definition) is 3. The lowest BCUT2D eigenvalue weighted by molar-refractivity contribution is -0.137. The molecule has 0 bridgehead atoms. The van der Waals surface area contributed by atoms with Crippen molar-refractivity contribution in [1.29, 1.82) is 0 Å². The number of amides is 1. The molecule has 3 aromatic rings. The van der Waals surface area contributed by atoms with E-state index in [9.17, 15) is 26.4 Å². The standard InChI is InChI=1S/C25H29F3N6O6S/c1-14-9-19(21(39-4)11-18(14)32-24(35)40-5)31-23-30-13-17(25(26,27)28)22(33-23)29-12-15-7-8-16(38-3)10-20(15)34(2)41(6,36)37/h7-11,13H,12H2,1-6H3,(H,32,35)(H2,29,30,31,33). The van der Waals surface area contributed by atoms with Gasteiger partial charge in [0.2, 0.25) is 16.0 Å². The van der Waals surface area contributed by atoms with Crippen molar-refractivity contribution >= 4 is 44.9 Å². The van der Waals surface area contributed by atoms with E-state index in [-0.39, 0.29) is 23.9 Å². The molecule has 222 valence electrons. The van der Waals surface area contributed by atoms with E-state index in [4.69, 9.17) is 9.47 Å². The Balaban J connectivity index is 1.98. The number of aryl methyl sites for hydroxylation is 1. The lowest BCUT2D eigenvalue weighted by atomic mass is 10.1. The van der Waals surface area contributed by atoms with Crippen LogP contribution >= 0.6 is 0 Å². The van der Waals surface area contributed by atoms with Crippen LogP contribution in [0.5, 0.6) is 11.5 Å². The Bertz CT molecular complexity index is 1530. The SMILES string of the molecule is COC(=O)Nc1cc(OC)c(Nc2ncc(C(F)(F)F)c(NCc3ccc(OC)cc3N(C)S(C)(=O)=O)n2)cc1C. The van der Waals surface area contributed by atoms with Crippen LogP contribution in [-0.2, 0) is 27.5 Å². The third-order valence-corrected chi connectivity index (χ3v) is 7.08. The molecule has 2 aromatic carbocycles. The summed E-state index contributed by atoms with van der Waals surface area (Å²) in [6.45, 7) is 1.48. The second kappa shape index (κ2) is 12.4. The third kappa shape index (κ3) is 7.59. The maximum Gasteiger partial charge on any atom is 0.421 e. The normalized spacial score (nSPS) is 11.4. The highest BCUT2D eigenvalue weighted by Gasteiger charge is 2.35. The van der Waals surface area contributed by atoms with Crippen molar-refractivity contribution in [3.63, 3.8) is 0 Å². The summed E-state index contributed by atoms with van der Waals surface area (Å²) in [7, 11) is 1.63. The summed E-state index contributed by atoms with van der Waals surface area (Å²) in [5, 5.41) is 8.03. The van der Waals surface area contributed by atoms with Crippen LogP contribution in [0.3, 0.4) is 0 Å². The van der Waals surface area contributed by atoms with Crippen molar-refractivity contribution in [2.24, 2.45) is 0 Å². The molecular weight excluding hydrogens is 569 g/mol. The molecule has 0 aliphatic carbocycles. The zero-order valence-corrected chi connectivity index (χ0v) is 23.8. The molecule has 16 heteroatoms. The maximum atomic E-state index is 13.8. The van der Waals surface area contributed by atoms with Crippen LogP contribution in [0.25, 0.3) is 0 Å². The lowest BCUT2D eigenvalue weighted by Gasteiger charge is -2.22. The van der Waals surface area contributed by atoms with Gasteiger partial charge in [-0.1, -0.05) is 6.07 Å². The molecule has 0 saturated carbocycles. The maximum absolute atomic E-state index is 13.8. The third-order valence-electron chi connectivity index (χ3n) is 5.88. The average Bonchev–Trinajstić information content (AvgIpc) is 2.91. The molecule has 0 fully saturated rings. The number of carbonyl (C=O) groups excluding carboxylic acids is 1. The molecule has 0 saturated heterocycles. The highest BCUT2D eigenvalue weighted by Crippen LogP contribution is 2.37. The van der Waals surface area contributed by atoms with Gasteiger partial charge in [-0.2, -0.15) is 18.2 Å². The molecule has 1 aromatic heterocycles. The highest BCUT2D eigenvalue weighted by molar-refractivity contribution is 7.92. The first kappa shape index (κ1) is 31.1. The first-order chi connectivity index (χ1) is 19.2. The van der Waals surface area contributed by atoms with Crippen molar-refractivity contribution in [2.45, 2.75) is 19.6 Å². The number of nitrogens with one attached hydrogen (secondary N) is 3. The van der Waals surface area contributed by atoms with Gasteiger partial charge < -0.3 is 24.8 Å². The number of anilines is 5. The van der Waals surface area contributed by atoms with Crippen LogP contribution in [0.4, 0.5) is 46.8 Å². The summed E-state index contributed by atoms with van der Waals surface area (Å²) < 4.78 is 82.0. The fraction of sp³-hybridized carbons (Fsp3) is 0.320. The molecule has 3 N–H and O–H groups in total. The molecule has 41 heavy (non-hydrogen) atoms. The predicted molar refractivity (Wildman–Crippen MR) is 148 cm³/mol. The largest absolute Gasteiger partial charge is 0.497 e. The monoisotopic (exact) mass is 598 g/mol. The van der Waals surface area contributed by atoms with Crippen LogP contribution in [0, 0.1) is 6.92 Å². The van der Waals surface area contributed by atoms with E-state index in [0.717, 1.165) is 10.6 Å². The molecule has 0 spiro atoms. The summed E-state index contributed by atoms with van der Waals surface area (Å²) >= 11 is 0. The molecule has 3 rings (SSSR count). The van der Waals surface area contributed by atoms with Gasteiger partial charge in [0.05, 0.1) is 44.6 Å². The molecule has 0 radical (unpaired) electrons. The minimum atomic E-state index is -4.79. The van der Waals surface area contributed by atoms with Crippen LogP contribution in [0.2, 0.25) is 0 Å². The van der Waals surface area contributed by atoms with Gasteiger partial charge >= 0.3 is 12.3 Å². The van der Waals surface area contributed by atoms with E-state index in [1.54, 1.807) is 19.1 Å². The lowest BCUT2D eigenvalue weighted by Crippen LogP contribution is -2.26. The topological polar surface area (TPSA) is 144 Å². The van der Waals surface area contributed by atoms with E-state index in [1.165, 1.54) is 46.6 Å². The zero-order chi connectivity index (χ0) is 30.5. The summed E-state index contributed by atoms with van der Waals surface area (Å²) in [5.41, 5.74) is 0.746. The molecule has 12 nitrogen and oxygen atoms in total.